The van der Waals surface area contributed by atoms with Crippen LogP contribution in [-0.2, 0) is 6.18 Å². The second-order valence-electron chi connectivity index (χ2n) is 3.55. The zero-order valence-corrected chi connectivity index (χ0v) is 8.31. The number of rotatable bonds is 1. The molecule has 0 aliphatic carbocycles. The molecule has 1 aromatic rings. The molecule has 0 spiro atoms. The molecule has 1 nitrogen and oxygen atoms in total. The number of hydrogen-bond acceptors (Lipinski definition) is 1. The lowest BCUT2D eigenvalue weighted by atomic mass is 10.0. The van der Waals surface area contributed by atoms with Gasteiger partial charge in [0.25, 0.3) is 0 Å². The molecule has 0 saturated carbocycles. The first kappa shape index (κ1) is 11.0. The van der Waals surface area contributed by atoms with Gasteiger partial charge in [0.2, 0.25) is 0 Å². The molecular weight excluding hydrogens is 191 g/mol. The van der Waals surface area contributed by atoms with Gasteiger partial charge in [0.05, 0.1) is 5.56 Å². The van der Waals surface area contributed by atoms with Crippen LogP contribution < -0.4 is 0 Å². The molecule has 0 fully saturated rings. The number of aryl methyl sites for hydroxylation is 1. The van der Waals surface area contributed by atoms with Crippen LogP contribution in [0.5, 0.6) is 0 Å². The summed E-state index contributed by atoms with van der Waals surface area (Å²) in [7, 11) is 0. The average molecular weight is 203 g/mol. The van der Waals surface area contributed by atoms with E-state index in [9.17, 15) is 13.2 Å². The van der Waals surface area contributed by atoms with E-state index in [4.69, 9.17) is 0 Å². The number of pyridine rings is 1. The molecule has 1 rings (SSSR count). The molecule has 0 saturated heterocycles. The minimum absolute atomic E-state index is 0.0295. The minimum atomic E-state index is -4.30. The quantitative estimate of drug-likeness (QED) is 0.680. The van der Waals surface area contributed by atoms with Crippen LogP contribution in [0.2, 0.25) is 0 Å². The van der Waals surface area contributed by atoms with Gasteiger partial charge in [0.1, 0.15) is 0 Å². The van der Waals surface area contributed by atoms with Crippen LogP contribution in [0.25, 0.3) is 0 Å². The van der Waals surface area contributed by atoms with Crippen molar-refractivity contribution in [3.05, 3.63) is 29.1 Å². The van der Waals surface area contributed by atoms with Crippen LogP contribution in [0.15, 0.2) is 12.3 Å². The van der Waals surface area contributed by atoms with Crippen LogP contribution in [0.3, 0.4) is 0 Å². The zero-order valence-electron chi connectivity index (χ0n) is 8.31. The molecule has 0 aliphatic heterocycles. The number of alkyl halides is 3. The van der Waals surface area contributed by atoms with E-state index in [1.54, 1.807) is 0 Å². The van der Waals surface area contributed by atoms with Crippen molar-refractivity contribution in [1.29, 1.82) is 0 Å². The van der Waals surface area contributed by atoms with Crippen LogP contribution in [-0.4, -0.2) is 4.98 Å². The van der Waals surface area contributed by atoms with Gasteiger partial charge in [-0.25, -0.2) is 0 Å². The smallest absolute Gasteiger partial charge is 0.261 e. The first-order valence-corrected chi connectivity index (χ1v) is 4.36. The molecule has 0 aromatic carbocycles. The molecule has 0 amide bonds. The summed E-state index contributed by atoms with van der Waals surface area (Å²) in [5, 5.41) is 0. The molecule has 0 atom stereocenters. The van der Waals surface area contributed by atoms with E-state index in [0.29, 0.717) is 5.56 Å². The first-order chi connectivity index (χ1) is 6.32. The Balaban J connectivity index is 3.22. The fourth-order valence-corrected chi connectivity index (χ4v) is 1.15. The second kappa shape index (κ2) is 3.59. The summed E-state index contributed by atoms with van der Waals surface area (Å²) in [6, 6.07) is 1.17. The molecule has 1 heterocycles. The third-order valence-corrected chi connectivity index (χ3v) is 2.08. The predicted molar refractivity (Wildman–Crippen MR) is 48.1 cm³/mol. The summed E-state index contributed by atoms with van der Waals surface area (Å²) in [6.45, 7) is 5.05. The van der Waals surface area contributed by atoms with Gasteiger partial charge < -0.3 is 0 Å². The van der Waals surface area contributed by atoms with E-state index in [-0.39, 0.29) is 11.6 Å². The van der Waals surface area contributed by atoms with Crippen LogP contribution in [0.4, 0.5) is 13.2 Å². The SMILES string of the molecule is Cc1ncc(C(C)C)cc1C(F)(F)F. The summed E-state index contributed by atoms with van der Waals surface area (Å²) in [5.41, 5.74) is 0.00789. The van der Waals surface area contributed by atoms with Crippen molar-refractivity contribution in [3.63, 3.8) is 0 Å². The van der Waals surface area contributed by atoms with Crippen molar-refractivity contribution in [1.82, 2.24) is 4.98 Å². The van der Waals surface area contributed by atoms with E-state index in [2.05, 4.69) is 4.98 Å². The van der Waals surface area contributed by atoms with Crippen LogP contribution in [0, 0.1) is 6.92 Å². The molecular formula is C10H12F3N. The summed E-state index contributed by atoms with van der Waals surface area (Å²) in [5.74, 6) is 0.0594. The van der Waals surface area contributed by atoms with Crippen molar-refractivity contribution >= 4 is 0 Å². The van der Waals surface area contributed by atoms with Crippen molar-refractivity contribution < 1.29 is 13.2 Å². The highest BCUT2D eigenvalue weighted by Gasteiger charge is 2.33. The van der Waals surface area contributed by atoms with Crippen molar-refractivity contribution in [2.24, 2.45) is 0 Å². The second-order valence-corrected chi connectivity index (χ2v) is 3.55. The lowest BCUT2D eigenvalue weighted by Crippen LogP contribution is -2.10. The van der Waals surface area contributed by atoms with Gasteiger partial charge in [-0.1, -0.05) is 13.8 Å². The molecule has 78 valence electrons. The predicted octanol–water partition coefficient (Wildman–Crippen LogP) is 3.53. The average Bonchev–Trinajstić information content (AvgIpc) is 2.02. The van der Waals surface area contributed by atoms with Gasteiger partial charge in [-0.15, -0.1) is 0 Å². The molecule has 0 bridgehead atoms. The fraction of sp³-hybridized carbons (Fsp3) is 0.500. The van der Waals surface area contributed by atoms with Gasteiger partial charge in [-0.3, -0.25) is 4.98 Å². The van der Waals surface area contributed by atoms with Crippen LogP contribution >= 0.6 is 0 Å². The van der Waals surface area contributed by atoms with E-state index < -0.39 is 11.7 Å². The van der Waals surface area contributed by atoms with Crippen molar-refractivity contribution in [3.8, 4) is 0 Å². The number of aromatic nitrogens is 1. The number of nitrogens with zero attached hydrogens (tertiary/aromatic N) is 1. The highest BCUT2D eigenvalue weighted by Crippen LogP contribution is 2.32. The molecule has 0 radical (unpaired) electrons. The molecule has 1 aromatic heterocycles. The third-order valence-electron chi connectivity index (χ3n) is 2.08. The normalized spacial score (nSPS) is 12.2. The van der Waals surface area contributed by atoms with Crippen LogP contribution in [0.1, 0.15) is 36.6 Å². The highest BCUT2D eigenvalue weighted by molar-refractivity contribution is 5.28. The largest absolute Gasteiger partial charge is 0.418 e. The monoisotopic (exact) mass is 203 g/mol. The van der Waals surface area contributed by atoms with E-state index in [0.717, 1.165) is 0 Å². The lowest BCUT2D eigenvalue weighted by Gasteiger charge is -2.12. The molecule has 0 N–H and O–H groups in total. The molecule has 0 aliphatic rings. The van der Waals surface area contributed by atoms with Crippen molar-refractivity contribution in [2.45, 2.75) is 32.9 Å². The van der Waals surface area contributed by atoms with Gasteiger partial charge >= 0.3 is 6.18 Å². The maximum atomic E-state index is 12.5. The number of halogens is 3. The Morgan fingerprint density at radius 2 is 1.86 bits per heavy atom. The van der Waals surface area contributed by atoms with E-state index in [1.165, 1.54) is 19.2 Å². The van der Waals surface area contributed by atoms with E-state index >= 15 is 0 Å². The van der Waals surface area contributed by atoms with Crippen molar-refractivity contribution in [2.75, 3.05) is 0 Å². The molecule has 14 heavy (non-hydrogen) atoms. The first-order valence-electron chi connectivity index (χ1n) is 4.36. The third kappa shape index (κ3) is 2.25. The summed E-state index contributed by atoms with van der Waals surface area (Å²) in [6.07, 6.45) is -2.81. The Morgan fingerprint density at radius 3 is 2.29 bits per heavy atom. The Bertz CT molecular complexity index is 329. The Kier molecular flexibility index (Phi) is 2.83. The number of hydrogen-bond donors (Lipinski definition) is 0. The summed E-state index contributed by atoms with van der Waals surface area (Å²) >= 11 is 0. The van der Waals surface area contributed by atoms with E-state index in [1.807, 2.05) is 13.8 Å². The zero-order chi connectivity index (χ0) is 10.9. The highest BCUT2D eigenvalue weighted by atomic mass is 19.4. The fourth-order valence-electron chi connectivity index (χ4n) is 1.15. The molecule has 4 heteroatoms. The lowest BCUT2D eigenvalue weighted by molar-refractivity contribution is -0.138. The topological polar surface area (TPSA) is 12.9 Å². The van der Waals surface area contributed by atoms with Gasteiger partial charge in [0, 0.05) is 11.9 Å². The standard InChI is InChI=1S/C10H12F3N/c1-6(2)8-4-9(10(11,12)13)7(3)14-5-8/h4-6H,1-3H3. The Labute approximate surface area is 81.0 Å². The summed E-state index contributed by atoms with van der Waals surface area (Å²) < 4.78 is 37.4. The summed E-state index contributed by atoms with van der Waals surface area (Å²) in [4.78, 5) is 3.75. The Hall–Kier alpha value is -1.06. The maximum absolute atomic E-state index is 12.5. The molecule has 0 unspecified atom stereocenters. The Morgan fingerprint density at radius 1 is 1.29 bits per heavy atom. The minimum Gasteiger partial charge on any atom is -0.261 e. The van der Waals surface area contributed by atoms with Gasteiger partial charge in [-0.05, 0) is 24.5 Å². The van der Waals surface area contributed by atoms with Gasteiger partial charge in [0.15, 0.2) is 0 Å². The van der Waals surface area contributed by atoms with Gasteiger partial charge in [-0.2, -0.15) is 13.2 Å². The maximum Gasteiger partial charge on any atom is 0.418 e.